The van der Waals surface area contributed by atoms with E-state index in [-0.39, 0.29) is 18.9 Å². The van der Waals surface area contributed by atoms with Gasteiger partial charge in [0, 0.05) is 36.5 Å². The summed E-state index contributed by atoms with van der Waals surface area (Å²) in [5.41, 5.74) is -6.10. The van der Waals surface area contributed by atoms with Crippen LogP contribution in [0.1, 0.15) is 79.2 Å². The Morgan fingerprint density at radius 3 is 2.33 bits per heavy atom. The number of hydrogen-bond acceptors (Lipinski definition) is 13. The van der Waals surface area contributed by atoms with Crippen molar-refractivity contribution in [2.45, 2.75) is 122 Å². The SMILES string of the molecule is CCC(C)C(=O)OC1OCC23C(O)C(OC(C)=O)C(OC(C)=O)C1(C)C2CC(O)C1(C)C3C(O)C(=O)C2(C)C(c3ccoc3)CC3OC321. The molecule has 0 aromatic carbocycles. The number of carbonyl (C=O) groups excluding carboxylic acids is 4. The summed E-state index contributed by atoms with van der Waals surface area (Å²) < 4.78 is 35.9. The summed E-state index contributed by atoms with van der Waals surface area (Å²) >= 11 is 0. The Morgan fingerprint density at radius 1 is 1.04 bits per heavy atom. The summed E-state index contributed by atoms with van der Waals surface area (Å²) in [6.45, 7) is 10.8. The third kappa shape index (κ3) is 3.74. The number of aliphatic hydroxyl groups excluding tert-OH is 3. The van der Waals surface area contributed by atoms with Crippen molar-refractivity contribution >= 4 is 23.7 Å². The Hall–Kier alpha value is -2.84. The molecule has 2 bridgehead atoms. The fraction of sp³-hybridized carbons (Fsp3) is 0.771. The van der Waals surface area contributed by atoms with Crippen LogP contribution in [0, 0.1) is 39.4 Å². The molecular weight excluding hydrogens is 628 g/mol. The highest BCUT2D eigenvalue weighted by atomic mass is 16.7. The van der Waals surface area contributed by atoms with Crippen LogP contribution in [-0.4, -0.2) is 94.1 Å². The van der Waals surface area contributed by atoms with Crippen molar-refractivity contribution in [2.24, 2.45) is 39.4 Å². The molecule has 3 N–H and O–H groups in total. The lowest BCUT2D eigenvalue weighted by Gasteiger charge is -2.74. The van der Waals surface area contributed by atoms with Crippen LogP contribution in [-0.2, 0) is 42.9 Å². The summed E-state index contributed by atoms with van der Waals surface area (Å²) in [5.74, 6) is -5.48. The molecule has 16 atom stereocenters. The van der Waals surface area contributed by atoms with Crippen molar-refractivity contribution in [3.05, 3.63) is 24.2 Å². The first-order valence-electron chi connectivity index (χ1n) is 16.9. The summed E-state index contributed by atoms with van der Waals surface area (Å²) in [7, 11) is 0. The minimum Gasteiger partial charge on any atom is -0.472 e. The summed E-state index contributed by atoms with van der Waals surface area (Å²) in [6, 6.07) is 1.79. The minimum atomic E-state index is -1.72. The van der Waals surface area contributed by atoms with E-state index < -0.39 is 112 Å². The van der Waals surface area contributed by atoms with Gasteiger partial charge in [-0.25, -0.2) is 0 Å². The van der Waals surface area contributed by atoms with Crippen molar-refractivity contribution in [2.75, 3.05) is 6.61 Å². The van der Waals surface area contributed by atoms with Crippen molar-refractivity contribution in [1.82, 2.24) is 0 Å². The monoisotopic (exact) mass is 674 g/mol. The molecule has 1 spiro atoms. The number of hydrogen-bond donors (Lipinski definition) is 3. The standard InChI is InChI=1S/C35H46O13/c1-8-15(2)29(42)47-30-31(5)20-12-21(38)33(7)25(34(20,14-44-30)27(41)24(45-16(3)36)28(31)46-17(4)37)23(39)26(40)32(6)19(18-9-10-43-13-18)11-22-35(32,33)48-22/h9-10,13,15,19-25,27-28,30,38-39,41H,8,11-12,14H2,1-7H3. The van der Waals surface area contributed by atoms with E-state index in [0.29, 0.717) is 12.8 Å². The largest absolute Gasteiger partial charge is 0.472 e. The van der Waals surface area contributed by atoms with E-state index in [1.165, 1.54) is 13.2 Å². The maximum atomic E-state index is 14.8. The molecule has 13 heteroatoms. The number of ether oxygens (including phenoxy) is 5. The summed E-state index contributed by atoms with van der Waals surface area (Å²) in [5, 5.41) is 37.4. The van der Waals surface area contributed by atoms with Crippen molar-refractivity contribution < 1.29 is 62.6 Å². The number of esters is 3. The number of fused-ring (bicyclic) bond motifs is 1. The van der Waals surface area contributed by atoms with Gasteiger partial charge in [0.1, 0.15) is 17.8 Å². The van der Waals surface area contributed by atoms with Crippen LogP contribution in [0.2, 0.25) is 0 Å². The summed E-state index contributed by atoms with van der Waals surface area (Å²) in [4.78, 5) is 53.2. The number of furan rings is 1. The number of ketones is 1. The minimum absolute atomic E-state index is 0.0168. The molecule has 48 heavy (non-hydrogen) atoms. The number of carbonyl (C=O) groups is 4. The molecule has 2 aliphatic heterocycles. The number of Topliss-reactive ketones (excluding diaryl/α,β-unsaturated/α-hetero) is 1. The van der Waals surface area contributed by atoms with Crippen LogP contribution in [0.25, 0.3) is 0 Å². The van der Waals surface area contributed by atoms with Crippen LogP contribution < -0.4 is 0 Å². The first-order chi connectivity index (χ1) is 22.5. The molecule has 16 unspecified atom stereocenters. The van der Waals surface area contributed by atoms with Gasteiger partial charge in [0.15, 0.2) is 18.0 Å². The average Bonchev–Trinajstić information content (AvgIpc) is 3.39. The molecule has 264 valence electrons. The molecule has 13 nitrogen and oxygen atoms in total. The van der Waals surface area contributed by atoms with E-state index in [2.05, 4.69) is 0 Å². The van der Waals surface area contributed by atoms with Gasteiger partial charge in [-0.05, 0) is 50.7 Å². The van der Waals surface area contributed by atoms with Crippen LogP contribution in [0.5, 0.6) is 0 Å². The highest BCUT2D eigenvalue weighted by Gasteiger charge is 2.92. The number of epoxide rings is 1. The van der Waals surface area contributed by atoms with Crippen LogP contribution in [0.3, 0.4) is 0 Å². The molecule has 6 fully saturated rings. The van der Waals surface area contributed by atoms with Gasteiger partial charge >= 0.3 is 17.9 Å². The zero-order valence-electron chi connectivity index (χ0n) is 28.3. The Morgan fingerprint density at radius 2 is 1.73 bits per heavy atom. The molecule has 6 aliphatic rings. The Kier molecular flexibility index (Phi) is 7.42. The third-order valence-corrected chi connectivity index (χ3v) is 13.9. The van der Waals surface area contributed by atoms with Gasteiger partial charge in [-0.15, -0.1) is 0 Å². The van der Waals surface area contributed by atoms with Gasteiger partial charge in [0.25, 0.3) is 0 Å². The van der Waals surface area contributed by atoms with Crippen LogP contribution in [0.4, 0.5) is 0 Å². The topological polar surface area (TPSA) is 192 Å². The van der Waals surface area contributed by atoms with Crippen molar-refractivity contribution in [3.63, 3.8) is 0 Å². The van der Waals surface area contributed by atoms with Crippen LogP contribution >= 0.6 is 0 Å². The molecule has 1 aromatic rings. The first kappa shape index (κ1) is 33.6. The number of rotatable bonds is 6. The molecule has 7 rings (SSSR count). The van der Waals surface area contributed by atoms with Gasteiger partial charge in [-0.1, -0.05) is 20.8 Å². The lowest BCUT2D eigenvalue weighted by molar-refractivity contribution is -0.399. The highest BCUT2D eigenvalue weighted by Crippen LogP contribution is 2.82. The van der Waals surface area contributed by atoms with Gasteiger partial charge in [-0.3, -0.25) is 19.2 Å². The molecule has 3 heterocycles. The second kappa shape index (κ2) is 10.6. The third-order valence-electron chi connectivity index (χ3n) is 13.9. The maximum absolute atomic E-state index is 14.8. The lowest BCUT2D eigenvalue weighted by Crippen LogP contribution is -2.84. The fourth-order valence-electron chi connectivity index (χ4n) is 11.6. The number of aliphatic hydroxyl groups is 3. The molecule has 4 aliphatic carbocycles. The van der Waals surface area contributed by atoms with Gasteiger partial charge in [0.2, 0.25) is 6.29 Å². The first-order valence-corrected chi connectivity index (χ1v) is 16.9. The van der Waals surface area contributed by atoms with Gasteiger partial charge in [-0.2, -0.15) is 0 Å². The molecular formula is C35H46O13. The summed E-state index contributed by atoms with van der Waals surface area (Å²) in [6.07, 6.45) is -5.20. The van der Waals surface area contributed by atoms with Crippen LogP contribution in [0.15, 0.2) is 23.0 Å². The maximum Gasteiger partial charge on any atom is 0.310 e. The fourth-order valence-corrected chi connectivity index (χ4v) is 11.6. The predicted molar refractivity (Wildman–Crippen MR) is 161 cm³/mol. The van der Waals surface area contributed by atoms with E-state index in [0.717, 1.165) is 12.5 Å². The zero-order chi connectivity index (χ0) is 34.9. The van der Waals surface area contributed by atoms with E-state index in [4.69, 9.17) is 28.1 Å². The molecule has 2 saturated heterocycles. The second-order valence-electron chi connectivity index (χ2n) is 15.7. The highest BCUT2D eigenvalue weighted by molar-refractivity contribution is 5.94. The Balaban J connectivity index is 1.42. The normalized spacial score (nSPS) is 50.6. The van der Waals surface area contributed by atoms with Crippen molar-refractivity contribution in [1.29, 1.82) is 0 Å². The van der Waals surface area contributed by atoms with E-state index in [1.807, 2.05) is 6.92 Å². The quantitative estimate of drug-likeness (QED) is 0.226. The smallest absolute Gasteiger partial charge is 0.310 e. The van der Waals surface area contributed by atoms with E-state index >= 15 is 0 Å². The molecule has 0 amide bonds. The second-order valence-corrected chi connectivity index (χ2v) is 15.7. The predicted octanol–water partition coefficient (Wildman–Crippen LogP) is 2.03. The average molecular weight is 675 g/mol. The zero-order valence-corrected chi connectivity index (χ0v) is 28.3. The lowest BCUT2D eigenvalue weighted by atomic mass is 9.33. The molecule has 0 radical (unpaired) electrons. The van der Waals surface area contributed by atoms with Crippen molar-refractivity contribution in [3.8, 4) is 0 Å². The van der Waals surface area contributed by atoms with Gasteiger partial charge in [0.05, 0.1) is 48.1 Å². The Labute approximate surface area is 278 Å². The van der Waals surface area contributed by atoms with Gasteiger partial charge < -0.3 is 43.4 Å². The Bertz CT molecular complexity index is 1530. The van der Waals surface area contributed by atoms with E-state index in [1.54, 1.807) is 40.0 Å². The van der Waals surface area contributed by atoms with E-state index in [9.17, 15) is 34.5 Å². The molecule has 1 aromatic heterocycles. The molecule has 4 saturated carbocycles.